The van der Waals surface area contributed by atoms with Crippen LogP contribution in [0.25, 0.3) is 0 Å². The summed E-state index contributed by atoms with van der Waals surface area (Å²) in [5, 5.41) is 5.73. The zero-order valence-electron chi connectivity index (χ0n) is 17.1. The van der Waals surface area contributed by atoms with Gasteiger partial charge in [0, 0.05) is 39.3 Å². The molecule has 0 bridgehead atoms. The van der Waals surface area contributed by atoms with E-state index in [9.17, 15) is 9.59 Å². The maximum Gasteiger partial charge on any atom is 0.246 e. The number of rotatable bonds is 13. The van der Waals surface area contributed by atoms with Crippen LogP contribution in [0.3, 0.4) is 0 Å². The Labute approximate surface area is 168 Å². The Morgan fingerprint density at radius 2 is 1.39 bits per heavy atom. The quantitative estimate of drug-likeness (QED) is 0.342. The van der Waals surface area contributed by atoms with E-state index in [4.69, 9.17) is 9.59 Å². The number of amides is 2. The van der Waals surface area contributed by atoms with Gasteiger partial charge in [0.15, 0.2) is 0 Å². The number of nitrogens with one attached hydrogen (secondary N) is 2. The molecule has 0 rings (SSSR count). The molecular weight excluding hydrogens is 360 g/mol. The third-order valence-corrected chi connectivity index (χ3v) is 3.04. The summed E-state index contributed by atoms with van der Waals surface area (Å²) in [6.45, 7) is 17.2. The first-order valence-electron chi connectivity index (χ1n) is 8.65. The Morgan fingerprint density at radius 3 is 1.79 bits per heavy atom. The summed E-state index contributed by atoms with van der Waals surface area (Å²) >= 11 is 0. The first kappa shape index (κ1) is 29.9. The highest BCUT2D eigenvalue weighted by atomic mass is 16.2. The molecule has 158 valence electrons. The van der Waals surface area contributed by atoms with Crippen molar-refractivity contribution in [2.24, 2.45) is 0 Å². The van der Waals surface area contributed by atoms with Crippen LogP contribution >= 0.6 is 0 Å². The lowest BCUT2D eigenvalue weighted by atomic mass is 10.4. The molecule has 0 atom stereocenters. The van der Waals surface area contributed by atoms with Crippen LogP contribution in [0.4, 0.5) is 0 Å². The van der Waals surface area contributed by atoms with Gasteiger partial charge in [-0.15, -0.1) is 0 Å². The largest absolute Gasteiger partial charge is 0.351 e. The number of nitrogens with zero attached hydrogens (tertiary/aromatic N) is 2. The van der Waals surface area contributed by atoms with Gasteiger partial charge in [-0.1, -0.05) is 26.3 Å². The summed E-state index contributed by atoms with van der Waals surface area (Å²) < 4.78 is 0. The smallest absolute Gasteiger partial charge is 0.246 e. The molecule has 0 unspecified atom stereocenters. The molecule has 0 fully saturated rings. The van der Waals surface area contributed by atoms with E-state index >= 15 is 0 Å². The van der Waals surface area contributed by atoms with Crippen LogP contribution in [0.15, 0.2) is 50.6 Å². The van der Waals surface area contributed by atoms with Gasteiger partial charge in [0.05, 0.1) is 0 Å². The minimum atomic E-state index is -0.234. The summed E-state index contributed by atoms with van der Waals surface area (Å²) in [5.41, 5.74) is 0. The number of hydrogen-bond acceptors (Lipinski definition) is 6. The Bertz CT molecular complexity index is 469. The molecule has 2 N–H and O–H groups in total. The van der Waals surface area contributed by atoms with Crippen LogP contribution < -0.4 is 10.6 Å². The molecule has 0 aromatic rings. The lowest BCUT2D eigenvalue weighted by Gasteiger charge is -2.24. The van der Waals surface area contributed by atoms with Crippen LogP contribution in [0.1, 0.15) is 0 Å². The second-order valence-electron chi connectivity index (χ2n) is 5.17. The number of aldehydes is 2. The maximum atomic E-state index is 11.7. The predicted octanol–water partition coefficient (Wildman–Crippen LogP) is 0.197. The average Bonchev–Trinajstić information content (AvgIpc) is 2.73. The first-order chi connectivity index (χ1) is 13.4. The number of allylic oxidation sites excluding steroid dienone is 2. The lowest BCUT2D eigenvalue weighted by molar-refractivity contribution is -0.126. The van der Waals surface area contributed by atoms with Crippen molar-refractivity contribution in [3.63, 3.8) is 0 Å². The molecule has 8 nitrogen and oxygen atoms in total. The summed E-state index contributed by atoms with van der Waals surface area (Å²) in [6, 6.07) is 0. The molecule has 28 heavy (non-hydrogen) atoms. The zero-order chi connectivity index (χ0) is 22.2. The SMILES string of the molecule is C=CC(=O)NCCN(CCN(C)CCNC)C(=O)C=C.C=CC=O.C=CC=O. The molecule has 0 aromatic heterocycles. The van der Waals surface area contributed by atoms with E-state index < -0.39 is 0 Å². The highest BCUT2D eigenvalue weighted by molar-refractivity contribution is 5.88. The molecule has 0 aromatic carbocycles. The van der Waals surface area contributed by atoms with Gasteiger partial charge in [0.2, 0.25) is 11.8 Å². The Morgan fingerprint density at radius 1 is 0.857 bits per heavy atom. The van der Waals surface area contributed by atoms with Gasteiger partial charge in [-0.05, 0) is 38.4 Å². The van der Waals surface area contributed by atoms with Crippen LogP contribution in [-0.4, -0.2) is 87.6 Å². The molecule has 0 radical (unpaired) electrons. The Balaban J connectivity index is -0.000000656. The van der Waals surface area contributed by atoms with E-state index in [1.165, 1.54) is 24.3 Å². The standard InChI is InChI=1S/C14H26N4O2.2C3H4O/c1-5-13(19)16-8-10-18(14(20)6-2)12-11-17(4)9-7-15-3;2*1-2-3-4/h5-6,15H,1-2,7-12H2,3-4H3,(H,16,19);2*2-3H,1H2. The van der Waals surface area contributed by atoms with Gasteiger partial charge in [-0.2, -0.15) is 0 Å². The third-order valence-electron chi connectivity index (χ3n) is 3.04. The van der Waals surface area contributed by atoms with Crippen molar-refractivity contribution in [3.8, 4) is 0 Å². The second-order valence-corrected chi connectivity index (χ2v) is 5.17. The van der Waals surface area contributed by atoms with Crippen molar-refractivity contribution >= 4 is 24.4 Å². The Kier molecular flexibility index (Phi) is 25.8. The van der Waals surface area contributed by atoms with Crippen molar-refractivity contribution in [1.82, 2.24) is 20.4 Å². The second kappa shape index (κ2) is 24.2. The average molecular weight is 395 g/mol. The molecular formula is C20H34N4O4. The highest BCUT2D eigenvalue weighted by Crippen LogP contribution is 1.93. The van der Waals surface area contributed by atoms with E-state index in [-0.39, 0.29) is 11.8 Å². The monoisotopic (exact) mass is 394 g/mol. The number of hydrogen-bond donors (Lipinski definition) is 2. The van der Waals surface area contributed by atoms with Gasteiger partial charge < -0.3 is 20.4 Å². The van der Waals surface area contributed by atoms with Gasteiger partial charge in [0.1, 0.15) is 12.6 Å². The molecule has 0 aliphatic carbocycles. The zero-order valence-corrected chi connectivity index (χ0v) is 17.1. The fourth-order valence-electron chi connectivity index (χ4n) is 1.55. The van der Waals surface area contributed by atoms with Crippen LogP contribution in [0.2, 0.25) is 0 Å². The highest BCUT2D eigenvalue weighted by Gasteiger charge is 2.11. The maximum absolute atomic E-state index is 11.7. The van der Waals surface area contributed by atoms with E-state index in [0.29, 0.717) is 32.2 Å². The van der Waals surface area contributed by atoms with Crippen LogP contribution in [0, 0.1) is 0 Å². The normalized spacial score (nSPS) is 8.68. The summed E-state index contributed by atoms with van der Waals surface area (Å²) in [4.78, 5) is 44.7. The van der Waals surface area contributed by atoms with Crippen molar-refractivity contribution in [2.75, 3.05) is 53.4 Å². The van der Waals surface area contributed by atoms with E-state index in [1.54, 1.807) is 4.90 Å². The molecule has 0 spiro atoms. The predicted molar refractivity (Wildman–Crippen MR) is 114 cm³/mol. The van der Waals surface area contributed by atoms with Gasteiger partial charge in [0.25, 0.3) is 0 Å². The van der Waals surface area contributed by atoms with Gasteiger partial charge in [-0.25, -0.2) is 0 Å². The Hall–Kier alpha value is -2.84. The molecule has 2 amide bonds. The topological polar surface area (TPSA) is 98.8 Å². The molecule has 8 heteroatoms. The number of carbonyl (C=O) groups is 4. The summed E-state index contributed by atoms with van der Waals surface area (Å²) in [7, 11) is 3.91. The molecule has 0 saturated heterocycles. The third kappa shape index (κ3) is 23.2. The van der Waals surface area contributed by atoms with E-state index in [2.05, 4.69) is 41.8 Å². The van der Waals surface area contributed by atoms with Crippen molar-refractivity contribution < 1.29 is 19.2 Å². The van der Waals surface area contributed by atoms with Crippen molar-refractivity contribution in [3.05, 3.63) is 50.6 Å². The minimum absolute atomic E-state index is 0.125. The first-order valence-corrected chi connectivity index (χ1v) is 8.65. The summed E-state index contributed by atoms with van der Waals surface area (Å²) in [6.07, 6.45) is 6.17. The van der Waals surface area contributed by atoms with E-state index in [1.807, 2.05) is 14.1 Å². The minimum Gasteiger partial charge on any atom is -0.351 e. The molecule has 0 saturated carbocycles. The van der Waals surface area contributed by atoms with E-state index in [0.717, 1.165) is 19.6 Å². The molecule has 0 aliphatic heterocycles. The lowest BCUT2D eigenvalue weighted by Crippen LogP contribution is -2.42. The van der Waals surface area contributed by atoms with Gasteiger partial charge >= 0.3 is 0 Å². The number of likely N-dealkylation sites (N-methyl/N-ethyl adjacent to an activating group) is 2. The van der Waals surface area contributed by atoms with Gasteiger partial charge in [-0.3, -0.25) is 19.2 Å². The molecule has 0 aliphatic rings. The number of carbonyl (C=O) groups excluding carboxylic acids is 4. The van der Waals surface area contributed by atoms with Crippen molar-refractivity contribution in [1.29, 1.82) is 0 Å². The fourth-order valence-corrected chi connectivity index (χ4v) is 1.55. The van der Waals surface area contributed by atoms with Crippen molar-refractivity contribution in [2.45, 2.75) is 0 Å². The van der Waals surface area contributed by atoms with Crippen LogP contribution in [0.5, 0.6) is 0 Å². The fraction of sp³-hybridized carbons (Fsp3) is 0.400. The molecule has 0 heterocycles. The van der Waals surface area contributed by atoms with Crippen LogP contribution in [-0.2, 0) is 19.2 Å². The summed E-state index contributed by atoms with van der Waals surface area (Å²) in [5.74, 6) is -0.359.